The maximum absolute atomic E-state index is 14.6. The third-order valence-corrected chi connectivity index (χ3v) is 9.54. The van der Waals surface area contributed by atoms with Crippen molar-refractivity contribution in [1.29, 1.82) is 5.26 Å². The third kappa shape index (κ3) is 6.64. The molecule has 0 aliphatic carbocycles. The molecule has 0 spiro atoms. The highest BCUT2D eigenvalue weighted by Crippen LogP contribution is 2.35. The molecule has 46 heavy (non-hydrogen) atoms. The number of aromatic nitrogens is 4. The van der Waals surface area contributed by atoms with Gasteiger partial charge in [-0.3, -0.25) is 14.2 Å². The van der Waals surface area contributed by atoms with Crippen LogP contribution < -0.4 is 16.0 Å². The number of aryl methyl sites for hydroxylation is 1. The van der Waals surface area contributed by atoms with Gasteiger partial charge in [-0.15, -0.1) is 0 Å². The van der Waals surface area contributed by atoms with Crippen LogP contribution >= 0.6 is 11.3 Å². The number of carbonyl (C=O) groups is 1. The van der Waals surface area contributed by atoms with E-state index in [0.717, 1.165) is 4.57 Å². The van der Waals surface area contributed by atoms with Gasteiger partial charge in [-0.2, -0.15) is 10.4 Å². The standard InChI is InChI=1S/C33H41FN6O5S/c1-7-21(5)37(10-4)29(41)25(9-3)40-30(42)28-23(8-2)31(39-17-12-16-36-39)46-32(28)38(33(40)43)20-27(45-18-11-15-35)24-19-22(34)13-14-26(24)44-6/h12-14,16-17,19,21,25,27H,7-11,18,20H2,1-6H3/t21?,25-,27-/m0/s1. The lowest BCUT2D eigenvalue weighted by molar-refractivity contribution is -0.137. The summed E-state index contributed by atoms with van der Waals surface area (Å²) in [6.45, 7) is 9.79. The van der Waals surface area contributed by atoms with Crippen molar-refractivity contribution in [3.8, 4) is 16.8 Å². The van der Waals surface area contributed by atoms with E-state index in [2.05, 4.69) is 5.10 Å². The number of nitriles is 1. The fraction of sp³-hybridized carbons (Fsp3) is 0.485. The Labute approximate surface area is 271 Å². The Balaban J connectivity index is 2.05. The second kappa shape index (κ2) is 15.3. The molecule has 13 heteroatoms. The fourth-order valence-corrected chi connectivity index (χ4v) is 7.12. The van der Waals surface area contributed by atoms with E-state index >= 15 is 0 Å². The van der Waals surface area contributed by atoms with Crippen LogP contribution in [-0.2, 0) is 22.5 Å². The molecule has 0 aliphatic heterocycles. The van der Waals surface area contributed by atoms with Crippen LogP contribution in [0.3, 0.4) is 0 Å². The molecular formula is C33H41FN6O5S. The van der Waals surface area contributed by atoms with Crippen molar-refractivity contribution < 1.29 is 18.7 Å². The zero-order chi connectivity index (χ0) is 33.5. The lowest BCUT2D eigenvalue weighted by Crippen LogP contribution is -2.50. The van der Waals surface area contributed by atoms with Crippen molar-refractivity contribution in [2.45, 2.75) is 85.0 Å². The van der Waals surface area contributed by atoms with Gasteiger partial charge in [0.05, 0.1) is 38.1 Å². The van der Waals surface area contributed by atoms with E-state index in [9.17, 15) is 24.0 Å². The molecule has 3 aromatic heterocycles. The van der Waals surface area contributed by atoms with Crippen LogP contribution in [0.2, 0.25) is 0 Å². The fourth-order valence-electron chi connectivity index (χ4n) is 5.79. The normalized spacial score (nSPS) is 13.3. The molecule has 1 aromatic carbocycles. The zero-order valence-corrected chi connectivity index (χ0v) is 28.0. The van der Waals surface area contributed by atoms with Gasteiger partial charge >= 0.3 is 5.69 Å². The summed E-state index contributed by atoms with van der Waals surface area (Å²) in [6, 6.07) is 6.68. The molecule has 0 saturated heterocycles. The van der Waals surface area contributed by atoms with Gasteiger partial charge in [0.2, 0.25) is 5.91 Å². The number of methoxy groups -OCH3 is 1. The molecule has 0 N–H and O–H groups in total. The van der Waals surface area contributed by atoms with E-state index in [1.807, 2.05) is 33.8 Å². The first-order valence-corrected chi connectivity index (χ1v) is 16.4. The van der Waals surface area contributed by atoms with Crippen molar-refractivity contribution in [2.24, 2.45) is 0 Å². The van der Waals surface area contributed by atoms with E-state index in [1.165, 1.54) is 41.2 Å². The first kappa shape index (κ1) is 34.6. The van der Waals surface area contributed by atoms with E-state index < -0.39 is 29.2 Å². The summed E-state index contributed by atoms with van der Waals surface area (Å²) in [4.78, 5) is 45.2. The molecule has 1 amide bonds. The molecule has 0 radical (unpaired) electrons. The number of carbonyl (C=O) groups excluding carboxylic acids is 1. The molecule has 0 aliphatic rings. The van der Waals surface area contributed by atoms with E-state index in [0.29, 0.717) is 51.5 Å². The first-order valence-electron chi connectivity index (χ1n) is 15.6. The number of amides is 1. The van der Waals surface area contributed by atoms with Gasteiger partial charge < -0.3 is 14.4 Å². The quantitative estimate of drug-likeness (QED) is 0.158. The van der Waals surface area contributed by atoms with Crippen LogP contribution in [0.25, 0.3) is 15.2 Å². The molecule has 4 aromatic rings. The number of ether oxygens (including phenoxy) is 2. The Morgan fingerprint density at radius 3 is 2.54 bits per heavy atom. The SMILES string of the molecule is CCc1c(-n2cccn2)sc2c1c(=O)n([C@@H](CC)C(=O)N(CC)C(C)CC)c(=O)n2C[C@H](OCCC#N)c1cc(F)ccc1OC. The molecule has 11 nitrogen and oxygen atoms in total. The van der Waals surface area contributed by atoms with E-state index in [-0.39, 0.29) is 37.9 Å². The van der Waals surface area contributed by atoms with Crippen LogP contribution in [0.1, 0.15) is 77.2 Å². The number of hydrogen-bond acceptors (Lipinski definition) is 8. The Morgan fingerprint density at radius 2 is 1.96 bits per heavy atom. The number of thiophene rings is 1. The Bertz CT molecular complexity index is 1820. The number of likely N-dealkylation sites (N-methyl/N-ethyl adjacent to an activating group) is 1. The smallest absolute Gasteiger partial charge is 0.332 e. The number of rotatable bonds is 15. The number of nitrogens with zero attached hydrogens (tertiary/aromatic N) is 6. The Kier molecular flexibility index (Phi) is 11.5. The largest absolute Gasteiger partial charge is 0.496 e. The summed E-state index contributed by atoms with van der Waals surface area (Å²) < 4.78 is 30.4. The number of benzene rings is 1. The molecule has 0 fully saturated rings. The summed E-state index contributed by atoms with van der Waals surface area (Å²) in [5.41, 5.74) is -0.195. The predicted octanol–water partition coefficient (Wildman–Crippen LogP) is 5.39. The van der Waals surface area contributed by atoms with Crippen molar-refractivity contribution in [3.63, 3.8) is 0 Å². The number of fused-ring (bicyclic) bond motifs is 1. The van der Waals surface area contributed by atoms with Crippen molar-refractivity contribution >= 4 is 27.5 Å². The molecule has 1 unspecified atom stereocenters. The van der Waals surface area contributed by atoms with Crippen molar-refractivity contribution in [3.05, 3.63) is 74.4 Å². The average Bonchev–Trinajstić information content (AvgIpc) is 3.73. The maximum atomic E-state index is 14.6. The highest BCUT2D eigenvalue weighted by Gasteiger charge is 2.33. The van der Waals surface area contributed by atoms with E-state index in [1.54, 1.807) is 35.0 Å². The molecule has 3 atom stereocenters. The zero-order valence-electron chi connectivity index (χ0n) is 27.2. The minimum atomic E-state index is -1.05. The first-order chi connectivity index (χ1) is 22.2. The summed E-state index contributed by atoms with van der Waals surface area (Å²) >= 11 is 1.24. The van der Waals surface area contributed by atoms with Crippen molar-refractivity contribution in [1.82, 2.24) is 23.8 Å². The minimum absolute atomic E-state index is 0.0119. The van der Waals surface area contributed by atoms with Crippen LogP contribution in [-0.4, -0.2) is 56.0 Å². The summed E-state index contributed by atoms with van der Waals surface area (Å²) in [6.07, 6.45) is 3.91. The average molecular weight is 653 g/mol. The van der Waals surface area contributed by atoms with E-state index in [4.69, 9.17) is 9.47 Å². The minimum Gasteiger partial charge on any atom is -0.496 e. The summed E-state index contributed by atoms with van der Waals surface area (Å²) in [7, 11) is 1.45. The monoisotopic (exact) mass is 652 g/mol. The molecule has 246 valence electrons. The third-order valence-electron chi connectivity index (χ3n) is 8.30. The number of halogens is 1. The summed E-state index contributed by atoms with van der Waals surface area (Å²) in [5.74, 6) is -0.495. The Morgan fingerprint density at radius 1 is 1.20 bits per heavy atom. The second-order valence-electron chi connectivity index (χ2n) is 10.9. The highest BCUT2D eigenvalue weighted by atomic mass is 32.1. The van der Waals surface area contributed by atoms with Gasteiger partial charge in [0.25, 0.3) is 5.56 Å². The van der Waals surface area contributed by atoms with Crippen LogP contribution in [0.4, 0.5) is 4.39 Å². The van der Waals surface area contributed by atoms with Gasteiger partial charge in [-0.1, -0.05) is 32.1 Å². The number of hydrogen-bond donors (Lipinski definition) is 0. The second-order valence-corrected chi connectivity index (χ2v) is 11.9. The van der Waals surface area contributed by atoms with Crippen LogP contribution in [0.15, 0.2) is 46.2 Å². The van der Waals surface area contributed by atoms with Crippen molar-refractivity contribution in [2.75, 3.05) is 20.3 Å². The molecule has 3 heterocycles. The highest BCUT2D eigenvalue weighted by molar-refractivity contribution is 7.21. The Hall–Kier alpha value is -4.28. The van der Waals surface area contributed by atoms with Crippen LogP contribution in [0.5, 0.6) is 5.75 Å². The topological polar surface area (TPSA) is 124 Å². The van der Waals surface area contributed by atoms with Crippen LogP contribution in [0, 0.1) is 17.1 Å². The van der Waals surface area contributed by atoms with Gasteiger partial charge in [0.1, 0.15) is 33.5 Å². The van der Waals surface area contributed by atoms with Gasteiger partial charge in [-0.05, 0) is 57.4 Å². The van der Waals surface area contributed by atoms with Gasteiger partial charge in [0, 0.05) is 36.1 Å². The molecule has 0 saturated carbocycles. The lowest BCUT2D eigenvalue weighted by Gasteiger charge is -2.31. The molecule has 0 bridgehead atoms. The maximum Gasteiger partial charge on any atom is 0.332 e. The predicted molar refractivity (Wildman–Crippen MR) is 175 cm³/mol. The lowest BCUT2D eigenvalue weighted by atomic mass is 10.1. The van der Waals surface area contributed by atoms with Gasteiger partial charge in [0.15, 0.2) is 0 Å². The summed E-state index contributed by atoms with van der Waals surface area (Å²) in [5, 5.41) is 14.6. The molecular weight excluding hydrogens is 611 g/mol. The van der Waals surface area contributed by atoms with Gasteiger partial charge in [-0.25, -0.2) is 18.4 Å². The molecule has 4 rings (SSSR count).